The predicted molar refractivity (Wildman–Crippen MR) is 34.6 cm³/mol. The first-order valence-corrected chi connectivity index (χ1v) is 3.26. The number of hydrogen-bond donors (Lipinski definition) is 0. The second-order valence-corrected chi connectivity index (χ2v) is 1.94. The van der Waals surface area contributed by atoms with Crippen molar-refractivity contribution in [1.82, 2.24) is 10.1 Å². The molecule has 0 N–H and O–H groups in total. The quantitative estimate of drug-likeness (QED) is 0.621. The normalized spacial score (nSPS) is 10.2. The first kappa shape index (κ1) is 7.50. The van der Waals surface area contributed by atoms with Crippen molar-refractivity contribution >= 4 is 11.6 Å². The number of hydrogen-bond acceptors (Lipinski definition) is 4. The van der Waals surface area contributed by atoms with Crippen LogP contribution in [0.5, 0.6) is 0 Å². The third-order valence-corrected chi connectivity index (χ3v) is 1.13. The maximum atomic E-state index is 5.40. The highest BCUT2D eigenvalue weighted by Crippen LogP contribution is 2.00. The fourth-order valence-electron chi connectivity index (χ4n) is 0.532. The Morgan fingerprint density at radius 2 is 2.50 bits per heavy atom. The van der Waals surface area contributed by atoms with Crippen molar-refractivity contribution < 1.29 is 9.26 Å². The molecule has 10 heavy (non-hydrogen) atoms. The highest BCUT2D eigenvalue weighted by Gasteiger charge is 2.02. The van der Waals surface area contributed by atoms with Gasteiger partial charge in [-0.15, -0.1) is 11.6 Å². The number of aromatic nitrogens is 2. The molecule has 1 aromatic rings. The molecule has 5 heteroatoms. The summed E-state index contributed by atoms with van der Waals surface area (Å²) in [6.45, 7) is 0.361. The molecule has 0 aromatic carbocycles. The van der Waals surface area contributed by atoms with Gasteiger partial charge < -0.3 is 9.26 Å². The summed E-state index contributed by atoms with van der Waals surface area (Å²) in [6, 6.07) is 0. The van der Waals surface area contributed by atoms with Crippen LogP contribution in [0.4, 0.5) is 0 Å². The summed E-state index contributed by atoms with van der Waals surface area (Å²) in [4.78, 5) is 3.88. The minimum absolute atomic E-state index is 0.247. The number of halogens is 1. The lowest BCUT2D eigenvalue weighted by Crippen LogP contribution is -1.89. The van der Waals surface area contributed by atoms with Gasteiger partial charge in [-0.05, 0) is 0 Å². The van der Waals surface area contributed by atoms with E-state index < -0.39 is 0 Å². The first-order valence-electron chi connectivity index (χ1n) is 2.73. The van der Waals surface area contributed by atoms with Gasteiger partial charge in [-0.3, -0.25) is 0 Å². The zero-order valence-corrected chi connectivity index (χ0v) is 6.26. The standard InChI is InChI=1S/C5H7ClN2O2/c1-9-3-4-7-5(2-6)10-8-4/h2-3H2,1H3. The lowest BCUT2D eigenvalue weighted by molar-refractivity contribution is 0.174. The molecule has 0 aliphatic carbocycles. The highest BCUT2D eigenvalue weighted by atomic mass is 35.5. The molecule has 0 unspecified atom stereocenters. The molecule has 4 nitrogen and oxygen atoms in total. The molecule has 0 aliphatic rings. The second kappa shape index (κ2) is 3.53. The van der Waals surface area contributed by atoms with E-state index in [4.69, 9.17) is 20.9 Å². The largest absolute Gasteiger partial charge is 0.377 e. The molecular formula is C5H7ClN2O2. The Bertz CT molecular complexity index is 201. The van der Waals surface area contributed by atoms with Crippen molar-refractivity contribution in [2.24, 2.45) is 0 Å². The van der Waals surface area contributed by atoms with E-state index in [1.807, 2.05) is 0 Å². The molecule has 1 rings (SSSR count). The summed E-state index contributed by atoms with van der Waals surface area (Å²) < 4.78 is 9.45. The van der Waals surface area contributed by atoms with E-state index in [9.17, 15) is 0 Å². The van der Waals surface area contributed by atoms with E-state index in [2.05, 4.69) is 10.1 Å². The molecule has 0 fully saturated rings. The van der Waals surface area contributed by atoms with Crippen molar-refractivity contribution in [3.05, 3.63) is 11.7 Å². The average molecular weight is 163 g/mol. The van der Waals surface area contributed by atoms with E-state index >= 15 is 0 Å². The van der Waals surface area contributed by atoms with Crippen LogP contribution in [-0.4, -0.2) is 17.3 Å². The molecule has 1 aromatic heterocycles. The van der Waals surface area contributed by atoms with Gasteiger partial charge in [-0.1, -0.05) is 5.16 Å². The van der Waals surface area contributed by atoms with E-state index in [-0.39, 0.29) is 5.88 Å². The van der Waals surface area contributed by atoms with Crippen LogP contribution in [0.25, 0.3) is 0 Å². The van der Waals surface area contributed by atoms with Gasteiger partial charge in [0.15, 0.2) is 5.82 Å². The maximum absolute atomic E-state index is 5.40. The Morgan fingerprint density at radius 1 is 1.70 bits per heavy atom. The van der Waals surface area contributed by atoms with E-state index in [0.29, 0.717) is 18.3 Å². The molecule has 0 radical (unpaired) electrons. The maximum Gasteiger partial charge on any atom is 0.241 e. The predicted octanol–water partition coefficient (Wildman–Crippen LogP) is 0.955. The minimum atomic E-state index is 0.247. The Kier molecular flexibility index (Phi) is 2.65. The van der Waals surface area contributed by atoms with E-state index in [0.717, 1.165) is 0 Å². The van der Waals surface area contributed by atoms with Crippen LogP contribution < -0.4 is 0 Å². The SMILES string of the molecule is COCc1noc(CCl)n1. The van der Waals surface area contributed by atoms with Crippen LogP contribution in [0.2, 0.25) is 0 Å². The lowest BCUT2D eigenvalue weighted by Gasteiger charge is -1.85. The minimum Gasteiger partial charge on any atom is -0.377 e. The van der Waals surface area contributed by atoms with Gasteiger partial charge in [0.2, 0.25) is 5.89 Å². The van der Waals surface area contributed by atoms with Crippen molar-refractivity contribution in [2.75, 3.05) is 7.11 Å². The number of alkyl halides is 1. The average Bonchev–Trinajstić information content (AvgIpc) is 2.37. The number of ether oxygens (including phenoxy) is 1. The number of methoxy groups -OCH3 is 1. The molecule has 1 heterocycles. The molecule has 0 bridgehead atoms. The Labute approximate surface area is 63.1 Å². The monoisotopic (exact) mass is 162 g/mol. The summed E-state index contributed by atoms with van der Waals surface area (Å²) in [5, 5.41) is 3.58. The van der Waals surface area contributed by atoms with Crippen molar-refractivity contribution in [2.45, 2.75) is 12.5 Å². The van der Waals surface area contributed by atoms with Crippen LogP contribution in [-0.2, 0) is 17.2 Å². The number of nitrogens with zero attached hydrogens (tertiary/aromatic N) is 2. The summed E-state index contributed by atoms with van der Waals surface area (Å²) in [5.41, 5.74) is 0. The molecule has 0 saturated heterocycles. The van der Waals surface area contributed by atoms with Crippen molar-refractivity contribution in [1.29, 1.82) is 0 Å². The lowest BCUT2D eigenvalue weighted by atomic mass is 10.6. The van der Waals surface area contributed by atoms with Gasteiger partial charge in [0, 0.05) is 7.11 Å². The fraction of sp³-hybridized carbons (Fsp3) is 0.600. The molecular weight excluding hydrogens is 156 g/mol. The summed E-state index contributed by atoms with van der Waals surface area (Å²) in [7, 11) is 1.57. The summed E-state index contributed by atoms with van der Waals surface area (Å²) in [6.07, 6.45) is 0. The molecule has 0 spiro atoms. The van der Waals surface area contributed by atoms with Gasteiger partial charge in [-0.25, -0.2) is 0 Å². The van der Waals surface area contributed by atoms with Gasteiger partial charge in [0.1, 0.15) is 12.5 Å². The van der Waals surface area contributed by atoms with Crippen LogP contribution in [0.3, 0.4) is 0 Å². The molecule has 0 saturated carbocycles. The Morgan fingerprint density at radius 3 is 3.00 bits per heavy atom. The van der Waals surface area contributed by atoms with E-state index in [1.165, 1.54) is 0 Å². The summed E-state index contributed by atoms with van der Waals surface area (Å²) in [5.74, 6) is 1.20. The molecule has 56 valence electrons. The molecule has 0 aliphatic heterocycles. The van der Waals surface area contributed by atoms with Gasteiger partial charge in [0.05, 0.1) is 0 Å². The zero-order chi connectivity index (χ0) is 7.40. The van der Waals surface area contributed by atoms with Gasteiger partial charge >= 0.3 is 0 Å². The topological polar surface area (TPSA) is 48.2 Å². The fourth-order valence-corrected chi connectivity index (χ4v) is 0.641. The van der Waals surface area contributed by atoms with Gasteiger partial charge in [-0.2, -0.15) is 4.98 Å². The molecule has 0 atom stereocenters. The van der Waals surface area contributed by atoms with Gasteiger partial charge in [0.25, 0.3) is 0 Å². The third kappa shape index (κ3) is 1.68. The van der Waals surface area contributed by atoms with Crippen LogP contribution >= 0.6 is 11.6 Å². The number of rotatable bonds is 3. The Hall–Kier alpha value is -0.610. The molecule has 0 amide bonds. The highest BCUT2D eigenvalue weighted by molar-refractivity contribution is 6.16. The summed E-state index contributed by atoms with van der Waals surface area (Å²) >= 11 is 5.40. The van der Waals surface area contributed by atoms with E-state index in [1.54, 1.807) is 7.11 Å². The van der Waals surface area contributed by atoms with Crippen LogP contribution in [0, 0.1) is 0 Å². The van der Waals surface area contributed by atoms with Crippen molar-refractivity contribution in [3.8, 4) is 0 Å². The first-order chi connectivity index (χ1) is 4.86. The van der Waals surface area contributed by atoms with Crippen molar-refractivity contribution in [3.63, 3.8) is 0 Å². The Balaban J connectivity index is 2.59. The second-order valence-electron chi connectivity index (χ2n) is 1.67. The van der Waals surface area contributed by atoms with Crippen LogP contribution in [0.1, 0.15) is 11.7 Å². The zero-order valence-electron chi connectivity index (χ0n) is 5.50. The van der Waals surface area contributed by atoms with Crippen LogP contribution in [0.15, 0.2) is 4.52 Å². The third-order valence-electron chi connectivity index (χ3n) is 0.898. The smallest absolute Gasteiger partial charge is 0.241 e.